The first kappa shape index (κ1) is 15.3. The van der Waals surface area contributed by atoms with Crippen LogP contribution in [-0.2, 0) is 4.74 Å². The van der Waals surface area contributed by atoms with Crippen LogP contribution in [0.4, 0.5) is 0 Å². The second kappa shape index (κ2) is 7.62. The first-order valence-electron chi connectivity index (χ1n) is 7.48. The van der Waals surface area contributed by atoms with Crippen LogP contribution >= 0.6 is 0 Å². The third kappa shape index (κ3) is 3.72. The lowest BCUT2D eigenvalue weighted by atomic mass is 10.0. The maximum atomic E-state index is 6.00. The van der Waals surface area contributed by atoms with Gasteiger partial charge in [0.2, 0.25) is 0 Å². The van der Waals surface area contributed by atoms with Gasteiger partial charge in [0.05, 0.1) is 13.2 Å². The van der Waals surface area contributed by atoms with Crippen molar-refractivity contribution in [1.82, 2.24) is 4.90 Å². The van der Waals surface area contributed by atoms with E-state index < -0.39 is 0 Å². The molecule has 1 aliphatic heterocycles. The Balaban J connectivity index is 2.09. The molecule has 1 aliphatic rings. The summed E-state index contributed by atoms with van der Waals surface area (Å²) in [6.45, 7) is 5.12. The molecule has 0 amide bonds. The standard InChI is InChI=1S/C16H26N2O2/c1-3-8-20-15-6-4-5-13(10-15)16(11-17)18(2)14-7-9-19-12-14/h4-6,10,14,16H,3,7-9,11-12,17H2,1-2H3. The molecule has 1 aromatic carbocycles. The fraction of sp³-hybridized carbons (Fsp3) is 0.625. The summed E-state index contributed by atoms with van der Waals surface area (Å²) in [7, 11) is 2.14. The number of likely N-dealkylation sites (N-methyl/N-ethyl adjacent to an activating group) is 1. The van der Waals surface area contributed by atoms with Crippen LogP contribution in [0.2, 0.25) is 0 Å². The van der Waals surface area contributed by atoms with Crippen molar-refractivity contribution in [2.75, 3.05) is 33.4 Å². The van der Waals surface area contributed by atoms with E-state index in [1.807, 2.05) is 12.1 Å². The summed E-state index contributed by atoms with van der Waals surface area (Å²) in [5.41, 5.74) is 7.22. The predicted molar refractivity (Wildman–Crippen MR) is 81.0 cm³/mol. The average molecular weight is 278 g/mol. The van der Waals surface area contributed by atoms with Gasteiger partial charge in [0, 0.05) is 25.2 Å². The van der Waals surface area contributed by atoms with Crippen molar-refractivity contribution in [1.29, 1.82) is 0 Å². The van der Waals surface area contributed by atoms with Crippen LogP contribution in [0.25, 0.3) is 0 Å². The summed E-state index contributed by atoms with van der Waals surface area (Å²) in [6, 6.07) is 8.96. The highest BCUT2D eigenvalue weighted by Gasteiger charge is 2.26. The molecule has 4 nitrogen and oxygen atoms in total. The Kier molecular flexibility index (Phi) is 5.83. The van der Waals surface area contributed by atoms with Crippen molar-refractivity contribution >= 4 is 0 Å². The van der Waals surface area contributed by atoms with Gasteiger partial charge in [0.15, 0.2) is 0 Å². The molecule has 1 heterocycles. The first-order valence-corrected chi connectivity index (χ1v) is 7.48. The van der Waals surface area contributed by atoms with Crippen molar-refractivity contribution in [3.05, 3.63) is 29.8 Å². The van der Waals surface area contributed by atoms with E-state index in [9.17, 15) is 0 Å². The monoisotopic (exact) mass is 278 g/mol. The first-order chi connectivity index (χ1) is 9.76. The molecule has 4 heteroatoms. The fourth-order valence-corrected chi connectivity index (χ4v) is 2.67. The molecule has 2 unspecified atom stereocenters. The van der Waals surface area contributed by atoms with Crippen molar-refractivity contribution in [3.8, 4) is 5.75 Å². The molecular formula is C16H26N2O2. The fourth-order valence-electron chi connectivity index (χ4n) is 2.67. The zero-order valence-electron chi connectivity index (χ0n) is 12.5. The zero-order valence-corrected chi connectivity index (χ0v) is 12.5. The molecule has 0 bridgehead atoms. The molecule has 20 heavy (non-hydrogen) atoms. The molecule has 0 radical (unpaired) electrons. The van der Waals surface area contributed by atoms with E-state index in [1.165, 1.54) is 5.56 Å². The number of nitrogens with zero attached hydrogens (tertiary/aromatic N) is 1. The lowest BCUT2D eigenvalue weighted by Crippen LogP contribution is -2.38. The minimum atomic E-state index is 0.215. The summed E-state index contributed by atoms with van der Waals surface area (Å²) in [6.07, 6.45) is 2.10. The second-order valence-electron chi connectivity index (χ2n) is 5.36. The third-order valence-electron chi connectivity index (χ3n) is 3.91. The van der Waals surface area contributed by atoms with Crippen molar-refractivity contribution < 1.29 is 9.47 Å². The Bertz CT molecular complexity index is 405. The van der Waals surface area contributed by atoms with Crippen LogP contribution in [0.1, 0.15) is 31.4 Å². The van der Waals surface area contributed by atoms with E-state index in [0.717, 1.165) is 38.4 Å². The molecule has 0 aromatic heterocycles. The molecule has 0 aliphatic carbocycles. The molecule has 0 saturated carbocycles. The van der Waals surface area contributed by atoms with Gasteiger partial charge in [-0.25, -0.2) is 0 Å². The number of ether oxygens (including phenoxy) is 2. The maximum absolute atomic E-state index is 6.00. The number of hydrogen-bond acceptors (Lipinski definition) is 4. The molecule has 2 atom stereocenters. The van der Waals surface area contributed by atoms with Gasteiger partial charge in [-0.05, 0) is 37.6 Å². The normalized spacial score (nSPS) is 20.3. The SMILES string of the molecule is CCCOc1cccc(C(CN)N(C)C2CCOC2)c1. The van der Waals surface area contributed by atoms with Gasteiger partial charge in [-0.15, -0.1) is 0 Å². The molecular weight excluding hydrogens is 252 g/mol. The van der Waals surface area contributed by atoms with E-state index in [1.54, 1.807) is 0 Å². The topological polar surface area (TPSA) is 47.7 Å². The van der Waals surface area contributed by atoms with Gasteiger partial charge < -0.3 is 15.2 Å². The van der Waals surface area contributed by atoms with E-state index in [2.05, 4.69) is 31.0 Å². The van der Waals surface area contributed by atoms with Crippen molar-refractivity contribution in [2.45, 2.75) is 31.8 Å². The Morgan fingerprint density at radius 1 is 1.50 bits per heavy atom. The molecule has 1 aromatic rings. The molecule has 2 N–H and O–H groups in total. The predicted octanol–water partition coefficient (Wildman–Crippen LogP) is 2.20. The van der Waals surface area contributed by atoms with E-state index in [4.69, 9.17) is 15.2 Å². The van der Waals surface area contributed by atoms with Gasteiger partial charge >= 0.3 is 0 Å². The summed E-state index contributed by atoms with van der Waals surface area (Å²) >= 11 is 0. The summed E-state index contributed by atoms with van der Waals surface area (Å²) in [5.74, 6) is 0.930. The van der Waals surface area contributed by atoms with E-state index in [-0.39, 0.29) is 6.04 Å². The number of rotatable bonds is 7. The van der Waals surface area contributed by atoms with Gasteiger partial charge in [-0.1, -0.05) is 19.1 Å². The summed E-state index contributed by atoms with van der Waals surface area (Å²) in [5, 5.41) is 0. The number of benzene rings is 1. The highest BCUT2D eigenvalue weighted by molar-refractivity contribution is 5.31. The third-order valence-corrected chi connectivity index (χ3v) is 3.91. The zero-order chi connectivity index (χ0) is 14.4. The number of nitrogens with two attached hydrogens (primary N) is 1. The van der Waals surface area contributed by atoms with Gasteiger partial charge in [0.25, 0.3) is 0 Å². The number of hydrogen-bond donors (Lipinski definition) is 1. The molecule has 1 saturated heterocycles. The van der Waals surface area contributed by atoms with Gasteiger partial charge in [-0.2, -0.15) is 0 Å². The molecule has 112 valence electrons. The summed E-state index contributed by atoms with van der Waals surface area (Å²) < 4.78 is 11.2. The van der Waals surface area contributed by atoms with E-state index >= 15 is 0 Å². The van der Waals surface area contributed by atoms with Crippen LogP contribution in [0.3, 0.4) is 0 Å². The Morgan fingerprint density at radius 3 is 3.00 bits per heavy atom. The quantitative estimate of drug-likeness (QED) is 0.830. The van der Waals surface area contributed by atoms with Crippen molar-refractivity contribution in [2.24, 2.45) is 5.73 Å². The molecule has 0 spiro atoms. The largest absolute Gasteiger partial charge is 0.494 e. The van der Waals surface area contributed by atoms with Crippen LogP contribution in [0.15, 0.2) is 24.3 Å². The highest BCUT2D eigenvalue weighted by Crippen LogP contribution is 2.26. The van der Waals surface area contributed by atoms with Crippen LogP contribution < -0.4 is 10.5 Å². The second-order valence-corrected chi connectivity index (χ2v) is 5.36. The van der Waals surface area contributed by atoms with Gasteiger partial charge in [-0.3, -0.25) is 4.90 Å². The maximum Gasteiger partial charge on any atom is 0.119 e. The Labute approximate surface area is 121 Å². The highest BCUT2D eigenvalue weighted by atomic mass is 16.5. The smallest absolute Gasteiger partial charge is 0.119 e. The van der Waals surface area contributed by atoms with Crippen LogP contribution in [-0.4, -0.2) is 44.4 Å². The van der Waals surface area contributed by atoms with Gasteiger partial charge in [0.1, 0.15) is 5.75 Å². The average Bonchev–Trinajstić information content (AvgIpc) is 3.00. The minimum Gasteiger partial charge on any atom is -0.494 e. The Morgan fingerprint density at radius 2 is 2.35 bits per heavy atom. The summed E-state index contributed by atoms with van der Waals surface area (Å²) in [4.78, 5) is 2.34. The molecule has 2 rings (SSSR count). The minimum absolute atomic E-state index is 0.215. The lowest BCUT2D eigenvalue weighted by molar-refractivity contribution is 0.134. The van der Waals surface area contributed by atoms with Crippen LogP contribution in [0, 0.1) is 0 Å². The van der Waals surface area contributed by atoms with E-state index in [0.29, 0.717) is 12.6 Å². The lowest BCUT2D eigenvalue weighted by Gasteiger charge is -2.32. The van der Waals surface area contributed by atoms with Crippen LogP contribution in [0.5, 0.6) is 5.75 Å². The van der Waals surface area contributed by atoms with Crippen molar-refractivity contribution in [3.63, 3.8) is 0 Å². The molecule has 1 fully saturated rings. The Hall–Kier alpha value is -1.10.